The average Bonchev–Trinajstić information content (AvgIpc) is 2.88. The molecule has 0 aliphatic carbocycles. The molecule has 1 atom stereocenters. The fourth-order valence-electron chi connectivity index (χ4n) is 2.47. The van der Waals surface area contributed by atoms with Crippen LogP contribution in [0.5, 0.6) is 0 Å². The van der Waals surface area contributed by atoms with E-state index >= 15 is 0 Å². The first kappa shape index (κ1) is 17.1. The van der Waals surface area contributed by atoms with Crippen molar-refractivity contribution in [2.24, 2.45) is 0 Å². The number of hydrogen-bond acceptors (Lipinski definition) is 5. The summed E-state index contributed by atoms with van der Waals surface area (Å²) < 4.78 is 21.4. The van der Waals surface area contributed by atoms with Crippen molar-refractivity contribution in [2.45, 2.75) is 6.29 Å². The summed E-state index contributed by atoms with van der Waals surface area (Å²) in [7, 11) is 1.60. The van der Waals surface area contributed by atoms with Gasteiger partial charge in [-0.25, -0.2) is 4.79 Å². The van der Waals surface area contributed by atoms with E-state index in [4.69, 9.17) is 18.9 Å². The molecule has 24 heavy (non-hydrogen) atoms. The van der Waals surface area contributed by atoms with Crippen molar-refractivity contribution >= 4 is 38.2 Å². The van der Waals surface area contributed by atoms with E-state index in [-0.39, 0.29) is 6.79 Å². The van der Waals surface area contributed by atoms with E-state index in [0.29, 0.717) is 23.3 Å². The molecule has 1 aliphatic rings. The Kier molecular flexibility index (Phi) is 5.63. The summed E-state index contributed by atoms with van der Waals surface area (Å²) in [5, 5.41) is 2.21. The van der Waals surface area contributed by atoms with Gasteiger partial charge < -0.3 is 18.9 Å². The quantitative estimate of drug-likeness (QED) is 0.410. The molecule has 0 bridgehead atoms. The zero-order valence-electron chi connectivity index (χ0n) is 13.2. The van der Waals surface area contributed by atoms with Gasteiger partial charge in [0.05, 0.1) is 13.2 Å². The third-order valence-corrected chi connectivity index (χ3v) is 4.41. The monoisotopic (exact) mass is 392 g/mol. The molecule has 0 saturated heterocycles. The van der Waals surface area contributed by atoms with E-state index in [1.54, 1.807) is 7.11 Å². The molecule has 1 aliphatic heterocycles. The highest BCUT2D eigenvalue weighted by Crippen LogP contribution is 2.36. The number of methoxy groups -OCH3 is 1. The van der Waals surface area contributed by atoms with Gasteiger partial charge in [0.25, 0.3) is 0 Å². The van der Waals surface area contributed by atoms with Gasteiger partial charge in [0.1, 0.15) is 4.48 Å². The summed E-state index contributed by atoms with van der Waals surface area (Å²) in [5.41, 5.74) is 1.54. The third-order valence-electron chi connectivity index (χ3n) is 3.66. The number of cyclic esters (lactones) is 1. The number of rotatable bonds is 7. The Hall–Kier alpha value is -1.73. The lowest BCUT2D eigenvalue weighted by atomic mass is 10.0. The lowest BCUT2D eigenvalue weighted by Gasteiger charge is -2.15. The summed E-state index contributed by atoms with van der Waals surface area (Å²) in [4.78, 5) is 11.9. The Morgan fingerprint density at radius 2 is 1.92 bits per heavy atom. The predicted octanol–water partition coefficient (Wildman–Crippen LogP) is 3.47. The van der Waals surface area contributed by atoms with Crippen LogP contribution in [0.1, 0.15) is 5.56 Å². The van der Waals surface area contributed by atoms with Crippen molar-refractivity contribution in [1.82, 2.24) is 0 Å². The van der Waals surface area contributed by atoms with Crippen molar-refractivity contribution < 1.29 is 23.7 Å². The van der Waals surface area contributed by atoms with E-state index < -0.39 is 12.3 Å². The fraction of sp³-hybridized carbons (Fsp3) is 0.278. The largest absolute Gasteiger partial charge is 0.427 e. The minimum absolute atomic E-state index is 0.0126. The van der Waals surface area contributed by atoms with Crippen LogP contribution in [-0.4, -0.2) is 39.4 Å². The average molecular weight is 393 g/mol. The molecule has 1 unspecified atom stereocenters. The van der Waals surface area contributed by atoms with Gasteiger partial charge in [0, 0.05) is 12.7 Å². The third kappa shape index (κ3) is 3.67. The van der Waals surface area contributed by atoms with Crippen molar-refractivity contribution in [3.05, 3.63) is 52.5 Å². The lowest BCUT2D eigenvalue weighted by molar-refractivity contribution is -0.177. The van der Waals surface area contributed by atoms with Crippen LogP contribution in [-0.2, 0) is 23.7 Å². The van der Waals surface area contributed by atoms with E-state index in [1.807, 2.05) is 42.5 Å². The summed E-state index contributed by atoms with van der Waals surface area (Å²) in [6.45, 7) is 0.900. The zero-order valence-corrected chi connectivity index (χ0v) is 14.7. The smallest absolute Gasteiger partial charge is 0.348 e. The van der Waals surface area contributed by atoms with Crippen molar-refractivity contribution in [2.75, 3.05) is 27.1 Å². The molecule has 0 saturated carbocycles. The minimum atomic E-state index is -0.796. The molecule has 0 aromatic heterocycles. The van der Waals surface area contributed by atoms with Gasteiger partial charge in [0.2, 0.25) is 6.29 Å². The van der Waals surface area contributed by atoms with Crippen LogP contribution in [0.2, 0.25) is 0 Å². The highest BCUT2D eigenvalue weighted by atomic mass is 79.9. The first-order chi connectivity index (χ1) is 11.7. The zero-order chi connectivity index (χ0) is 16.9. The van der Waals surface area contributed by atoms with Gasteiger partial charge in [-0.05, 0) is 38.3 Å². The Labute approximate surface area is 148 Å². The number of hydrogen-bond donors (Lipinski definition) is 0. The molecular formula is C18H17BrO5. The second kappa shape index (κ2) is 7.90. The molecule has 3 rings (SSSR count). The molecular weight excluding hydrogens is 376 g/mol. The molecule has 2 aromatic carbocycles. The van der Waals surface area contributed by atoms with Crippen LogP contribution in [0.15, 0.2) is 46.9 Å². The standard InChI is InChI=1S/C18H17BrO5/c1-21-8-9-22-11-23-18-15(16(19)17(20)24-18)14-7-6-12-4-2-3-5-13(12)10-14/h2-7,10,18H,8-9,11H2,1H3. The van der Waals surface area contributed by atoms with Gasteiger partial charge in [-0.2, -0.15) is 0 Å². The topological polar surface area (TPSA) is 54.0 Å². The van der Waals surface area contributed by atoms with Crippen LogP contribution in [0, 0.1) is 0 Å². The number of carbonyl (C=O) groups excluding carboxylic acids is 1. The number of fused-ring (bicyclic) bond motifs is 1. The highest BCUT2D eigenvalue weighted by molar-refractivity contribution is 9.12. The maximum Gasteiger partial charge on any atom is 0.348 e. The number of halogens is 1. The Morgan fingerprint density at radius 3 is 2.71 bits per heavy atom. The Balaban J connectivity index is 1.80. The second-order valence-corrected chi connectivity index (χ2v) is 6.01. The van der Waals surface area contributed by atoms with Gasteiger partial charge in [-0.15, -0.1) is 0 Å². The SMILES string of the molecule is COCCOCOC1OC(=O)C(Br)=C1c1ccc2ccccc2c1. The molecule has 1 heterocycles. The Bertz CT molecular complexity index is 771. The normalized spacial score (nSPS) is 17.6. The van der Waals surface area contributed by atoms with Crippen LogP contribution in [0.3, 0.4) is 0 Å². The van der Waals surface area contributed by atoms with Gasteiger partial charge in [-0.1, -0.05) is 36.4 Å². The van der Waals surface area contributed by atoms with Crippen LogP contribution < -0.4 is 0 Å². The molecule has 0 amide bonds. The maximum atomic E-state index is 11.9. The van der Waals surface area contributed by atoms with E-state index in [0.717, 1.165) is 16.3 Å². The van der Waals surface area contributed by atoms with Crippen LogP contribution >= 0.6 is 15.9 Å². The van der Waals surface area contributed by atoms with Crippen molar-refractivity contribution in [3.63, 3.8) is 0 Å². The first-order valence-electron chi connectivity index (χ1n) is 7.49. The molecule has 6 heteroatoms. The van der Waals surface area contributed by atoms with Gasteiger partial charge in [-0.3, -0.25) is 0 Å². The van der Waals surface area contributed by atoms with Gasteiger partial charge in [0.15, 0.2) is 6.79 Å². The molecule has 2 aromatic rings. The predicted molar refractivity (Wildman–Crippen MR) is 93.5 cm³/mol. The molecule has 0 fully saturated rings. The number of carbonyl (C=O) groups is 1. The number of ether oxygens (including phenoxy) is 4. The van der Waals surface area contributed by atoms with E-state index in [2.05, 4.69) is 15.9 Å². The highest BCUT2D eigenvalue weighted by Gasteiger charge is 2.34. The summed E-state index contributed by atoms with van der Waals surface area (Å²) >= 11 is 3.31. The first-order valence-corrected chi connectivity index (χ1v) is 8.28. The fourth-order valence-corrected chi connectivity index (χ4v) is 2.98. The molecule has 5 nitrogen and oxygen atoms in total. The maximum absolute atomic E-state index is 11.9. The Morgan fingerprint density at radius 1 is 1.12 bits per heavy atom. The van der Waals surface area contributed by atoms with Crippen LogP contribution in [0.4, 0.5) is 0 Å². The molecule has 0 N–H and O–H groups in total. The lowest BCUT2D eigenvalue weighted by Crippen LogP contribution is -2.18. The van der Waals surface area contributed by atoms with Crippen molar-refractivity contribution in [1.29, 1.82) is 0 Å². The van der Waals surface area contributed by atoms with Crippen LogP contribution in [0.25, 0.3) is 16.3 Å². The van der Waals surface area contributed by atoms with E-state index in [1.165, 1.54) is 0 Å². The second-order valence-electron chi connectivity index (χ2n) is 5.21. The van der Waals surface area contributed by atoms with Gasteiger partial charge >= 0.3 is 5.97 Å². The number of benzene rings is 2. The summed E-state index contributed by atoms with van der Waals surface area (Å²) in [6.07, 6.45) is -0.796. The minimum Gasteiger partial charge on any atom is -0.427 e. The molecule has 0 spiro atoms. The van der Waals surface area contributed by atoms with Crippen molar-refractivity contribution in [3.8, 4) is 0 Å². The molecule has 126 valence electrons. The van der Waals surface area contributed by atoms with E-state index in [9.17, 15) is 4.79 Å². The number of esters is 1. The summed E-state index contributed by atoms with van der Waals surface area (Å²) in [5.74, 6) is -0.444. The molecule has 0 radical (unpaired) electrons. The summed E-state index contributed by atoms with van der Waals surface area (Å²) in [6, 6.07) is 14.0.